The van der Waals surface area contributed by atoms with Gasteiger partial charge in [-0.05, 0) is 20.3 Å². The summed E-state index contributed by atoms with van der Waals surface area (Å²) in [4.78, 5) is 8.28. The molecule has 0 amide bonds. The van der Waals surface area contributed by atoms with Crippen LogP contribution in [0.2, 0.25) is 0 Å². The number of nitrogens with one attached hydrogen (secondary N) is 1. The summed E-state index contributed by atoms with van der Waals surface area (Å²) in [6.07, 6.45) is 2.47. The van der Waals surface area contributed by atoms with E-state index in [9.17, 15) is 0 Å². The molecule has 0 fully saturated rings. The van der Waals surface area contributed by atoms with E-state index in [0.717, 1.165) is 23.6 Å². The molecule has 2 heterocycles. The average molecular weight is 275 g/mol. The minimum absolute atomic E-state index is 0.601. The lowest BCUT2D eigenvalue weighted by Crippen LogP contribution is -2.05. The predicted molar refractivity (Wildman–Crippen MR) is 77.8 cm³/mol. The van der Waals surface area contributed by atoms with Crippen LogP contribution in [0.15, 0.2) is 12.4 Å². The Labute approximate surface area is 119 Å². The molecule has 0 aliphatic carbocycles. The maximum Gasteiger partial charge on any atom is 0.218 e. The van der Waals surface area contributed by atoms with E-state index in [0.29, 0.717) is 19.0 Å². The Morgan fingerprint density at radius 2 is 2.10 bits per heavy atom. The fourth-order valence-electron chi connectivity index (χ4n) is 1.97. The second-order valence-electron chi connectivity index (χ2n) is 4.72. The van der Waals surface area contributed by atoms with Gasteiger partial charge in [0.25, 0.3) is 0 Å². The van der Waals surface area contributed by atoms with Crippen LogP contribution in [0.1, 0.15) is 30.3 Å². The van der Waals surface area contributed by atoms with E-state index in [4.69, 9.17) is 4.74 Å². The molecular weight excluding hydrogens is 254 g/mol. The zero-order valence-corrected chi connectivity index (χ0v) is 12.5. The molecule has 2 aromatic heterocycles. The summed E-state index contributed by atoms with van der Waals surface area (Å²) in [6.45, 7) is 7.49. The molecule has 0 aliphatic rings. The minimum atomic E-state index is 0.601. The van der Waals surface area contributed by atoms with Crippen molar-refractivity contribution in [1.82, 2.24) is 19.7 Å². The zero-order chi connectivity index (χ0) is 14.5. The highest BCUT2D eigenvalue weighted by Gasteiger charge is 2.09. The number of ether oxygens (including phenoxy) is 1. The lowest BCUT2D eigenvalue weighted by Gasteiger charge is -2.08. The number of aromatic nitrogens is 4. The third-order valence-corrected chi connectivity index (χ3v) is 3.20. The maximum atomic E-state index is 5.49. The molecule has 0 saturated carbocycles. The van der Waals surface area contributed by atoms with Gasteiger partial charge >= 0.3 is 0 Å². The third kappa shape index (κ3) is 3.26. The molecule has 0 spiro atoms. The summed E-state index contributed by atoms with van der Waals surface area (Å²) in [6, 6.07) is 1.82. The molecule has 6 nitrogen and oxygen atoms in total. The number of aryl methyl sites for hydroxylation is 2. The van der Waals surface area contributed by atoms with Gasteiger partial charge in [0.15, 0.2) is 0 Å². The second-order valence-corrected chi connectivity index (χ2v) is 4.72. The summed E-state index contributed by atoms with van der Waals surface area (Å²) in [5.74, 6) is 1.36. The van der Waals surface area contributed by atoms with Gasteiger partial charge in [-0.15, -0.1) is 0 Å². The number of nitrogens with zero attached hydrogens (tertiary/aromatic N) is 4. The highest BCUT2D eigenvalue weighted by atomic mass is 16.5. The summed E-state index contributed by atoms with van der Waals surface area (Å²) < 4.78 is 7.38. The van der Waals surface area contributed by atoms with E-state index in [1.807, 2.05) is 24.7 Å². The van der Waals surface area contributed by atoms with Gasteiger partial charge in [0.1, 0.15) is 12.1 Å². The van der Waals surface area contributed by atoms with Crippen molar-refractivity contribution in [3.05, 3.63) is 29.3 Å². The second kappa shape index (κ2) is 6.36. The molecular formula is C14H21N5O. The van der Waals surface area contributed by atoms with Crippen molar-refractivity contribution in [2.75, 3.05) is 11.9 Å². The predicted octanol–water partition coefficient (Wildman–Crippen LogP) is 2.23. The first-order valence-corrected chi connectivity index (χ1v) is 6.79. The van der Waals surface area contributed by atoms with E-state index < -0.39 is 0 Å². The Bertz CT molecular complexity index is 579. The number of hydrogen-bond donors (Lipinski definition) is 1. The first kappa shape index (κ1) is 14.3. The van der Waals surface area contributed by atoms with Crippen LogP contribution in [0.3, 0.4) is 0 Å². The third-order valence-electron chi connectivity index (χ3n) is 3.20. The van der Waals surface area contributed by atoms with E-state index in [1.54, 1.807) is 0 Å². The summed E-state index contributed by atoms with van der Waals surface area (Å²) in [5.41, 5.74) is 3.39. The van der Waals surface area contributed by atoms with Crippen LogP contribution < -0.4 is 10.1 Å². The van der Waals surface area contributed by atoms with Gasteiger partial charge in [0.05, 0.1) is 12.3 Å². The largest absolute Gasteiger partial charge is 0.478 e. The van der Waals surface area contributed by atoms with Crippen molar-refractivity contribution >= 4 is 5.82 Å². The molecule has 2 aromatic rings. The monoisotopic (exact) mass is 275 g/mol. The van der Waals surface area contributed by atoms with Gasteiger partial charge < -0.3 is 10.1 Å². The van der Waals surface area contributed by atoms with Gasteiger partial charge in [-0.25, -0.2) is 9.97 Å². The van der Waals surface area contributed by atoms with Crippen LogP contribution in [0.4, 0.5) is 5.82 Å². The minimum Gasteiger partial charge on any atom is -0.478 e. The fraction of sp³-hybridized carbons (Fsp3) is 0.500. The molecule has 0 unspecified atom stereocenters. The Hall–Kier alpha value is -2.11. The van der Waals surface area contributed by atoms with Crippen molar-refractivity contribution in [2.45, 2.75) is 33.7 Å². The number of rotatable bonds is 6. The van der Waals surface area contributed by atoms with Crippen molar-refractivity contribution in [3.63, 3.8) is 0 Å². The summed E-state index contributed by atoms with van der Waals surface area (Å²) in [5, 5.41) is 7.69. The highest BCUT2D eigenvalue weighted by molar-refractivity contribution is 5.39. The van der Waals surface area contributed by atoms with Crippen molar-refractivity contribution in [3.8, 4) is 5.88 Å². The van der Waals surface area contributed by atoms with Gasteiger partial charge in [0, 0.05) is 30.9 Å². The summed E-state index contributed by atoms with van der Waals surface area (Å²) >= 11 is 0. The Morgan fingerprint density at radius 3 is 2.75 bits per heavy atom. The zero-order valence-electron chi connectivity index (χ0n) is 12.5. The average Bonchev–Trinajstić information content (AvgIpc) is 2.68. The molecule has 0 radical (unpaired) electrons. The molecule has 0 aliphatic heterocycles. The van der Waals surface area contributed by atoms with Crippen LogP contribution in [-0.4, -0.2) is 26.4 Å². The molecule has 20 heavy (non-hydrogen) atoms. The normalized spacial score (nSPS) is 10.6. The van der Waals surface area contributed by atoms with Crippen LogP contribution >= 0.6 is 0 Å². The maximum absolute atomic E-state index is 5.49. The Balaban J connectivity index is 2.03. The van der Waals surface area contributed by atoms with Crippen LogP contribution in [0.5, 0.6) is 5.88 Å². The van der Waals surface area contributed by atoms with Crippen molar-refractivity contribution < 1.29 is 4.74 Å². The van der Waals surface area contributed by atoms with Crippen molar-refractivity contribution in [2.24, 2.45) is 7.05 Å². The Morgan fingerprint density at radius 1 is 1.30 bits per heavy atom. The number of hydrogen-bond acceptors (Lipinski definition) is 5. The molecule has 6 heteroatoms. The van der Waals surface area contributed by atoms with Crippen LogP contribution in [0, 0.1) is 13.8 Å². The standard InChI is InChI=1S/C14H21N5O/c1-5-6-20-14-7-13(16-9-17-14)15-8-12-10(2)18-19(4)11(12)3/h7,9H,5-6,8H2,1-4H3,(H,15,16,17). The molecule has 1 N–H and O–H groups in total. The van der Waals surface area contributed by atoms with Crippen LogP contribution in [0.25, 0.3) is 0 Å². The molecule has 0 saturated heterocycles. The summed E-state index contributed by atoms with van der Waals surface area (Å²) in [7, 11) is 1.95. The van der Waals surface area contributed by atoms with Crippen molar-refractivity contribution in [1.29, 1.82) is 0 Å². The van der Waals surface area contributed by atoms with Gasteiger partial charge in [-0.1, -0.05) is 6.92 Å². The topological polar surface area (TPSA) is 64.9 Å². The molecule has 108 valence electrons. The quantitative estimate of drug-likeness (QED) is 0.875. The first-order chi connectivity index (χ1) is 9.61. The molecule has 2 rings (SSSR count). The Kier molecular flexibility index (Phi) is 4.55. The molecule has 0 aromatic carbocycles. The van der Waals surface area contributed by atoms with E-state index in [-0.39, 0.29) is 0 Å². The SMILES string of the molecule is CCCOc1cc(NCc2c(C)nn(C)c2C)ncn1. The lowest BCUT2D eigenvalue weighted by molar-refractivity contribution is 0.305. The highest BCUT2D eigenvalue weighted by Crippen LogP contribution is 2.16. The molecule has 0 atom stereocenters. The van der Waals surface area contributed by atoms with Crippen LogP contribution in [-0.2, 0) is 13.6 Å². The smallest absolute Gasteiger partial charge is 0.218 e. The van der Waals surface area contributed by atoms with Gasteiger partial charge in [-0.2, -0.15) is 5.10 Å². The van der Waals surface area contributed by atoms with E-state index >= 15 is 0 Å². The number of anilines is 1. The fourth-order valence-corrected chi connectivity index (χ4v) is 1.97. The van der Waals surface area contributed by atoms with Gasteiger partial charge in [0.2, 0.25) is 5.88 Å². The molecule has 0 bridgehead atoms. The van der Waals surface area contributed by atoms with Gasteiger partial charge in [-0.3, -0.25) is 4.68 Å². The first-order valence-electron chi connectivity index (χ1n) is 6.79. The van der Waals surface area contributed by atoms with E-state index in [2.05, 4.69) is 34.2 Å². The lowest BCUT2D eigenvalue weighted by atomic mass is 10.2. The van der Waals surface area contributed by atoms with E-state index in [1.165, 1.54) is 11.9 Å².